The molecule has 0 aliphatic carbocycles. The standard InChI is InChI=1S/C9H16N2/c1-8-4-3-5-9(6-7-10)11(8)2/h3-5,8H,6-7,10H2,1-2H3. The van der Waals surface area contributed by atoms with Crippen molar-refractivity contribution in [2.24, 2.45) is 5.73 Å². The van der Waals surface area contributed by atoms with Gasteiger partial charge in [-0.3, -0.25) is 0 Å². The van der Waals surface area contributed by atoms with Gasteiger partial charge in [-0.1, -0.05) is 12.2 Å². The van der Waals surface area contributed by atoms with Crippen LogP contribution in [0.3, 0.4) is 0 Å². The summed E-state index contributed by atoms with van der Waals surface area (Å²) in [5.41, 5.74) is 6.81. The zero-order valence-corrected chi connectivity index (χ0v) is 7.25. The Kier molecular flexibility index (Phi) is 2.71. The smallest absolute Gasteiger partial charge is 0.0441 e. The molecule has 1 aliphatic rings. The minimum Gasteiger partial charge on any atom is -0.372 e. The molecule has 0 aromatic carbocycles. The van der Waals surface area contributed by atoms with Crippen LogP contribution >= 0.6 is 0 Å². The first kappa shape index (κ1) is 8.34. The van der Waals surface area contributed by atoms with Gasteiger partial charge in [-0.05, 0) is 26.0 Å². The van der Waals surface area contributed by atoms with E-state index in [2.05, 4.69) is 37.1 Å². The number of hydrogen-bond acceptors (Lipinski definition) is 2. The predicted octanol–water partition coefficient (Wildman–Crippen LogP) is 1.11. The monoisotopic (exact) mass is 152 g/mol. The first-order chi connectivity index (χ1) is 5.25. The van der Waals surface area contributed by atoms with E-state index in [0.717, 1.165) is 13.0 Å². The van der Waals surface area contributed by atoms with E-state index in [9.17, 15) is 0 Å². The van der Waals surface area contributed by atoms with E-state index in [1.54, 1.807) is 0 Å². The van der Waals surface area contributed by atoms with Crippen LogP contribution < -0.4 is 5.73 Å². The van der Waals surface area contributed by atoms with Crippen molar-refractivity contribution in [3.63, 3.8) is 0 Å². The number of rotatable bonds is 2. The van der Waals surface area contributed by atoms with E-state index in [4.69, 9.17) is 5.73 Å². The van der Waals surface area contributed by atoms with Gasteiger partial charge in [-0.15, -0.1) is 0 Å². The van der Waals surface area contributed by atoms with E-state index in [-0.39, 0.29) is 0 Å². The molecule has 62 valence electrons. The Balaban J connectivity index is 2.62. The summed E-state index contributed by atoms with van der Waals surface area (Å²) >= 11 is 0. The molecule has 1 unspecified atom stereocenters. The van der Waals surface area contributed by atoms with Crippen molar-refractivity contribution < 1.29 is 0 Å². The third kappa shape index (κ3) is 1.84. The van der Waals surface area contributed by atoms with Crippen LogP contribution in [0.15, 0.2) is 23.9 Å². The molecule has 2 heteroatoms. The van der Waals surface area contributed by atoms with E-state index in [1.165, 1.54) is 5.70 Å². The van der Waals surface area contributed by atoms with Gasteiger partial charge in [0.25, 0.3) is 0 Å². The Labute approximate surface area is 68.4 Å². The number of likely N-dealkylation sites (N-methyl/N-ethyl adjacent to an activating group) is 1. The molecule has 11 heavy (non-hydrogen) atoms. The zero-order valence-electron chi connectivity index (χ0n) is 7.25. The van der Waals surface area contributed by atoms with Gasteiger partial charge in [0.2, 0.25) is 0 Å². The van der Waals surface area contributed by atoms with Crippen molar-refractivity contribution >= 4 is 0 Å². The van der Waals surface area contributed by atoms with Crippen LogP contribution in [0.1, 0.15) is 13.3 Å². The van der Waals surface area contributed by atoms with Crippen molar-refractivity contribution in [3.8, 4) is 0 Å². The summed E-state index contributed by atoms with van der Waals surface area (Å²) in [6.07, 6.45) is 7.40. The molecule has 0 fully saturated rings. The molecule has 2 nitrogen and oxygen atoms in total. The molecule has 1 heterocycles. The molecule has 1 aliphatic heterocycles. The van der Waals surface area contributed by atoms with Crippen LogP contribution in [0.2, 0.25) is 0 Å². The minimum atomic E-state index is 0.515. The lowest BCUT2D eigenvalue weighted by Crippen LogP contribution is -2.29. The molecule has 0 aromatic heterocycles. The van der Waals surface area contributed by atoms with Crippen LogP contribution in [0.4, 0.5) is 0 Å². The second-order valence-corrected chi connectivity index (χ2v) is 2.93. The Bertz CT molecular complexity index is 182. The number of nitrogens with two attached hydrogens (primary N) is 1. The molecule has 0 bridgehead atoms. The lowest BCUT2D eigenvalue weighted by molar-refractivity contribution is 0.355. The maximum atomic E-state index is 5.48. The highest BCUT2D eigenvalue weighted by Gasteiger charge is 2.10. The second kappa shape index (κ2) is 3.58. The van der Waals surface area contributed by atoms with Crippen molar-refractivity contribution in [3.05, 3.63) is 23.9 Å². The molecule has 0 spiro atoms. The zero-order chi connectivity index (χ0) is 8.27. The highest BCUT2D eigenvalue weighted by molar-refractivity contribution is 5.19. The summed E-state index contributed by atoms with van der Waals surface area (Å²) in [7, 11) is 2.11. The van der Waals surface area contributed by atoms with Crippen molar-refractivity contribution in [2.75, 3.05) is 13.6 Å². The van der Waals surface area contributed by atoms with Gasteiger partial charge in [0.15, 0.2) is 0 Å². The fraction of sp³-hybridized carbons (Fsp3) is 0.556. The van der Waals surface area contributed by atoms with Gasteiger partial charge < -0.3 is 10.6 Å². The summed E-state index contributed by atoms with van der Waals surface area (Å²) in [5.74, 6) is 0. The Morgan fingerprint density at radius 2 is 2.36 bits per heavy atom. The predicted molar refractivity (Wildman–Crippen MR) is 48.1 cm³/mol. The molecule has 1 rings (SSSR count). The molecular weight excluding hydrogens is 136 g/mol. The SMILES string of the molecule is CC1C=CC=C(CCN)N1C. The van der Waals surface area contributed by atoms with Crippen LogP contribution in [0, 0.1) is 0 Å². The van der Waals surface area contributed by atoms with E-state index in [0.29, 0.717) is 6.04 Å². The van der Waals surface area contributed by atoms with Gasteiger partial charge >= 0.3 is 0 Å². The first-order valence-corrected chi connectivity index (χ1v) is 4.06. The van der Waals surface area contributed by atoms with Crippen LogP contribution in [-0.2, 0) is 0 Å². The summed E-state index contributed by atoms with van der Waals surface area (Å²) in [4.78, 5) is 2.26. The van der Waals surface area contributed by atoms with E-state index in [1.807, 2.05) is 0 Å². The molecule has 0 aromatic rings. The van der Waals surface area contributed by atoms with Crippen molar-refractivity contribution in [1.29, 1.82) is 0 Å². The Morgan fingerprint density at radius 3 is 3.00 bits per heavy atom. The molecule has 0 saturated heterocycles. The normalized spacial score (nSPS) is 23.7. The highest BCUT2D eigenvalue weighted by Crippen LogP contribution is 2.15. The Hall–Kier alpha value is -0.760. The summed E-state index contributed by atoms with van der Waals surface area (Å²) in [5, 5.41) is 0. The second-order valence-electron chi connectivity index (χ2n) is 2.93. The summed E-state index contributed by atoms with van der Waals surface area (Å²) < 4.78 is 0. The van der Waals surface area contributed by atoms with Crippen LogP contribution in [-0.4, -0.2) is 24.5 Å². The summed E-state index contributed by atoms with van der Waals surface area (Å²) in [6, 6.07) is 0.515. The summed E-state index contributed by atoms with van der Waals surface area (Å²) in [6.45, 7) is 2.91. The van der Waals surface area contributed by atoms with E-state index < -0.39 is 0 Å². The van der Waals surface area contributed by atoms with Crippen LogP contribution in [0.5, 0.6) is 0 Å². The third-order valence-corrected chi connectivity index (χ3v) is 2.14. The molecular formula is C9H16N2. The minimum absolute atomic E-state index is 0.515. The number of allylic oxidation sites excluding steroid dienone is 2. The number of hydrogen-bond donors (Lipinski definition) is 1. The van der Waals surface area contributed by atoms with Crippen LogP contribution in [0.25, 0.3) is 0 Å². The average molecular weight is 152 g/mol. The van der Waals surface area contributed by atoms with Gasteiger partial charge in [-0.2, -0.15) is 0 Å². The van der Waals surface area contributed by atoms with Gasteiger partial charge in [0, 0.05) is 18.8 Å². The largest absolute Gasteiger partial charge is 0.372 e. The molecule has 0 saturated carbocycles. The lowest BCUT2D eigenvalue weighted by Gasteiger charge is -2.29. The quantitative estimate of drug-likeness (QED) is 0.642. The van der Waals surface area contributed by atoms with Gasteiger partial charge in [0.1, 0.15) is 0 Å². The van der Waals surface area contributed by atoms with Gasteiger partial charge in [-0.25, -0.2) is 0 Å². The third-order valence-electron chi connectivity index (χ3n) is 2.14. The maximum absolute atomic E-state index is 5.48. The fourth-order valence-electron chi connectivity index (χ4n) is 1.24. The average Bonchev–Trinajstić information content (AvgIpc) is 1.99. The Morgan fingerprint density at radius 1 is 1.64 bits per heavy atom. The topological polar surface area (TPSA) is 29.3 Å². The maximum Gasteiger partial charge on any atom is 0.0441 e. The fourth-order valence-corrected chi connectivity index (χ4v) is 1.24. The van der Waals surface area contributed by atoms with Gasteiger partial charge in [0.05, 0.1) is 0 Å². The molecule has 2 N–H and O–H groups in total. The molecule has 0 amide bonds. The lowest BCUT2D eigenvalue weighted by atomic mass is 10.1. The molecule has 0 radical (unpaired) electrons. The van der Waals surface area contributed by atoms with E-state index >= 15 is 0 Å². The number of nitrogens with zero attached hydrogens (tertiary/aromatic N) is 1. The van der Waals surface area contributed by atoms with Crippen molar-refractivity contribution in [1.82, 2.24) is 4.90 Å². The first-order valence-electron chi connectivity index (χ1n) is 4.06. The highest BCUT2D eigenvalue weighted by atomic mass is 15.1. The molecule has 1 atom stereocenters. The van der Waals surface area contributed by atoms with Crippen molar-refractivity contribution in [2.45, 2.75) is 19.4 Å².